The highest BCUT2D eigenvalue weighted by Gasteiger charge is 2.35. The van der Waals surface area contributed by atoms with Crippen LogP contribution >= 0.6 is 0 Å². The molecule has 0 aliphatic carbocycles. The van der Waals surface area contributed by atoms with Crippen LogP contribution in [0.2, 0.25) is 0 Å². The zero-order valence-electron chi connectivity index (χ0n) is 9.61. The second-order valence-corrected chi connectivity index (χ2v) is 7.88. The zero-order valence-corrected chi connectivity index (χ0v) is 11.2. The Bertz CT molecular complexity index is 638. The van der Waals surface area contributed by atoms with Crippen LogP contribution in [0.5, 0.6) is 0 Å². The Morgan fingerprint density at radius 1 is 1.22 bits per heavy atom. The Balaban J connectivity index is 3.12. The Hall–Kier alpha value is -1.36. The number of benzene rings is 1. The van der Waals surface area contributed by atoms with E-state index in [1.165, 1.54) is 24.3 Å². The van der Waals surface area contributed by atoms with E-state index in [1.54, 1.807) is 6.07 Å². The SMILES string of the molecule is C#CCOS(=O)(=O)C(C)S(=O)(=O)c1ccccc1. The molecule has 0 bridgehead atoms. The first-order valence-corrected chi connectivity index (χ1v) is 7.95. The minimum absolute atomic E-state index is 0.0783. The van der Waals surface area contributed by atoms with Crippen molar-refractivity contribution in [1.82, 2.24) is 0 Å². The molecule has 0 fully saturated rings. The van der Waals surface area contributed by atoms with E-state index in [0.717, 1.165) is 6.92 Å². The molecule has 0 aromatic heterocycles. The van der Waals surface area contributed by atoms with E-state index < -0.39 is 31.1 Å². The highest BCUT2D eigenvalue weighted by Crippen LogP contribution is 2.20. The van der Waals surface area contributed by atoms with Crippen LogP contribution in [0.4, 0.5) is 0 Å². The van der Waals surface area contributed by atoms with E-state index in [1.807, 2.05) is 5.92 Å². The second-order valence-electron chi connectivity index (χ2n) is 3.38. The van der Waals surface area contributed by atoms with E-state index in [2.05, 4.69) is 4.18 Å². The molecule has 0 saturated carbocycles. The van der Waals surface area contributed by atoms with Crippen LogP contribution in [0.1, 0.15) is 6.92 Å². The molecule has 0 saturated heterocycles. The van der Waals surface area contributed by atoms with Crippen LogP contribution < -0.4 is 0 Å². The van der Waals surface area contributed by atoms with Gasteiger partial charge in [-0.1, -0.05) is 24.1 Å². The largest absolute Gasteiger partial charge is 0.285 e. The summed E-state index contributed by atoms with van der Waals surface area (Å²) in [6.45, 7) is 0.561. The molecule has 0 spiro atoms. The molecule has 0 heterocycles. The van der Waals surface area contributed by atoms with Crippen LogP contribution in [0, 0.1) is 12.3 Å². The highest BCUT2D eigenvalue weighted by atomic mass is 32.3. The molecule has 7 heteroatoms. The van der Waals surface area contributed by atoms with Gasteiger partial charge in [0.1, 0.15) is 6.61 Å². The lowest BCUT2D eigenvalue weighted by Crippen LogP contribution is -2.29. The third-order valence-electron chi connectivity index (χ3n) is 2.22. The Morgan fingerprint density at radius 2 is 1.78 bits per heavy atom. The van der Waals surface area contributed by atoms with Gasteiger partial charge in [-0.25, -0.2) is 8.42 Å². The lowest BCUT2D eigenvalue weighted by atomic mass is 10.4. The first-order valence-electron chi connectivity index (χ1n) is 4.93. The lowest BCUT2D eigenvalue weighted by Gasteiger charge is -2.12. The molecule has 18 heavy (non-hydrogen) atoms. The second kappa shape index (κ2) is 5.52. The summed E-state index contributed by atoms with van der Waals surface area (Å²) in [4.78, 5) is -0.0783. The van der Waals surface area contributed by atoms with Crippen molar-refractivity contribution >= 4 is 20.0 Å². The minimum Gasteiger partial charge on any atom is -0.256 e. The molecule has 0 radical (unpaired) electrons. The van der Waals surface area contributed by atoms with Gasteiger partial charge in [-0.3, -0.25) is 4.18 Å². The topological polar surface area (TPSA) is 77.5 Å². The van der Waals surface area contributed by atoms with Crippen molar-refractivity contribution in [3.63, 3.8) is 0 Å². The van der Waals surface area contributed by atoms with Gasteiger partial charge in [0.25, 0.3) is 10.1 Å². The van der Waals surface area contributed by atoms with Crippen molar-refractivity contribution in [3.05, 3.63) is 30.3 Å². The summed E-state index contributed by atoms with van der Waals surface area (Å²) in [5.41, 5.74) is 0. The van der Waals surface area contributed by atoms with E-state index in [0.29, 0.717) is 0 Å². The number of terminal acetylenes is 1. The number of rotatable bonds is 5. The van der Waals surface area contributed by atoms with Crippen LogP contribution in [-0.2, 0) is 24.1 Å². The molecule has 1 aromatic carbocycles. The summed E-state index contributed by atoms with van der Waals surface area (Å²) in [6.07, 6.45) is 4.87. The van der Waals surface area contributed by atoms with Gasteiger partial charge in [0.2, 0.25) is 0 Å². The monoisotopic (exact) mass is 288 g/mol. The fourth-order valence-electron chi connectivity index (χ4n) is 1.17. The first kappa shape index (κ1) is 14.7. The normalized spacial score (nSPS) is 13.8. The molecular weight excluding hydrogens is 276 g/mol. The molecular formula is C11H12O5S2. The summed E-state index contributed by atoms with van der Waals surface area (Å²) in [7, 11) is -8.27. The molecule has 0 amide bonds. The van der Waals surface area contributed by atoms with Crippen molar-refractivity contribution in [1.29, 1.82) is 0 Å². The van der Waals surface area contributed by atoms with Crippen molar-refractivity contribution in [2.75, 3.05) is 6.61 Å². The summed E-state index contributed by atoms with van der Waals surface area (Å²) in [5, 5.41) is 0. The molecule has 0 N–H and O–H groups in total. The molecule has 98 valence electrons. The molecule has 1 unspecified atom stereocenters. The fraction of sp³-hybridized carbons (Fsp3) is 0.273. The van der Waals surface area contributed by atoms with Gasteiger partial charge in [-0.15, -0.1) is 6.42 Å². The van der Waals surface area contributed by atoms with Crippen LogP contribution in [0.25, 0.3) is 0 Å². The molecule has 1 aromatic rings. The maximum absolute atomic E-state index is 12.0. The quantitative estimate of drug-likeness (QED) is 0.591. The molecule has 5 nitrogen and oxygen atoms in total. The zero-order chi connectivity index (χ0) is 13.8. The highest BCUT2D eigenvalue weighted by molar-refractivity contribution is 8.07. The number of hydrogen-bond acceptors (Lipinski definition) is 5. The van der Waals surface area contributed by atoms with E-state index in [4.69, 9.17) is 6.42 Å². The lowest BCUT2D eigenvalue weighted by molar-refractivity contribution is 0.361. The van der Waals surface area contributed by atoms with E-state index in [-0.39, 0.29) is 4.90 Å². The van der Waals surface area contributed by atoms with Gasteiger partial charge in [0, 0.05) is 0 Å². The van der Waals surface area contributed by atoms with Gasteiger partial charge in [-0.2, -0.15) is 8.42 Å². The maximum Gasteiger partial charge on any atom is 0.285 e. The maximum atomic E-state index is 12.0. The molecule has 0 aliphatic rings. The average molecular weight is 288 g/mol. The summed E-state index contributed by atoms with van der Waals surface area (Å²) >= 11 is 0. The van der Waals surface area contributed by atoms with E-state index in [9.17, 15) is 16.8 Å². The number of sulfone groups is 1. The van der Waals surface area contributed by atoms with Gasteiger partial charge < -0.3 is 0 Å². The third kappa shape index (κ3) is 3.10. The first-order chi connectivity index (χ1) is 8.32. The molecule has 1 atom stereocenters. The standard InChI is InChI=1S/C11H12O5S2/c1-3-9-16-18(14,15)10(2)17(12,13)11-7-5-4-6-8-11/h1,4-8,10H,9H2,2H3. The minimum atomic E-state index is -4.26. The summed E-state index contributed by atoms with van der Waals surface area (Å²) < 4.78 is 50.0. The molecule has 1 rings (SSSR count). The van der Waals surface area contributed by atoms with Gasteiger partial charge in [0.05, 0.1) is 4.90 Å². The van der Waals surface area contributed by atoms with Crippen LogP contribution in [-0.4, -0.2) is 28.0 Å². The van der Waals surface area contributed by atoms with Crippen molar-refractivity contribution in [2.45, 2.75) is 16.4 Å². The van der Waals surface area contributed by atoms with Crippen molar-refractivity contribution < 1.29 is 21.0 Å². The van der Waals surface area contributed by atoms with Gasteiger partial charge >= 0.3 is 0 Å². The Kier molecular flexibility index (Phi) is 4.51. The van der Waals surface area contributed by atoms with Gasteiger partial charge in [0.15, 0.2) is 14.4 Å². The summed E-state index contributed by atoms with van der Waals surface area (Å²) in [5.74, 6) is 1.97. The van der Waals surface area contributed by atoms with E-state index >= 15 is 0 Å². The third-order valence-corrected chi connectivity index (χ3v) is 6.75. The van der Waals surface area contributed by atoms with Crippen LogP contribution in [0.15, 0.2) is 35.2 Å². The number of hydrogen-bond donors (Lipinski definition) is 0. The Labute approximate surface area is 107 Å². The van der Waals surface area contributed by atoms with Crippen molar-refractivity contribution in [2.24, 2.45) is 0 Å². The fourth-order valence-corrected chi connectivity index (χ4v) is 4.25. The average Bonchev–Trinajstić information content (AvgIpc) is 2.36. The molecule has 0 aliphatic heterocycles. The van der Waals surface area contributed by atoms with Gasteiger partial charge in [-0.05, 0) is 19.1 Å². The predicted molar refractivity (Wildman–Crippen MR) is 66.8 cm³/mol. The predicted octanol–water partition coefficient (Wildman–Crippen LogP) is 0.786. The van der Waals surface area contributed by atoms with Crippen LogP contribution in [0.3, 0.4) is 0 Å². The van der Waals surface area contributed by atoms with Crippen molar-refractivity contribution in [3.8, 4) is 12.3 Å². The Morgan fingerprint density at radius 3 is 2.28 bits per heavy atom. The summed E-state index contributed by atoms with van der Waals surface area (Å²) in [6, 6.07) is 7.29. The smallest absolute Gasteiger partial charge is 0.256 e.